The monoisotopic (exact) mass is 499 g/mol. The summed E-state index contributed by atoms with van der Waals surface area (Å²) in [6, 6.07) is 21.9. The summed E-state index contributed by atoms with van der Waals surface area (Å²) < 4.78 is 1.58. The van der Waals surface area contributed by atoms with Gasteiger partial charge in [0.15, 0.2) is 16.3 Å². The molecule has 0 aliphatic carbocycles. The number of carbonyl (C=O) groups excluding carboxylic acids is 1. The third-order valence-electron chi connectivity index (χ3n) is 5.33. The van der Waals surface area contributed by atoms with Gasteiger partial charge in [-0.3, -0.25) is 14.2 Å². The fraction of sp³-hybridized carbons (Fsp3) is 0.115. The number of amides is 1. The van der Waals surface area contributed by atoms with Crippen molar-refractivity contribution in [1.29, 1.82) is 0 Å². The Bertz CT molecular complexity index is 1520. The quantitative estimate of drug-likeness (QED) is 0.242. The van der Waals surface area contributed by atoms with Gasteiger partial charge in [0, 0.05) is 24.3 Å². The van der Waals surface area contributed by atoms with Gasteiger partial charge >= 0.3 is 0 Å². The molecule has 9 heteroatoms. The molecular weight excluding hydrogens is 478 g/mol. The predicted octanol–water partition coefficient (Wildman–Crippen LogP) is 4.89. The minimum Gasteiger partial charge on any atom is -0.317 e. The molecule has 0 bridgehead atoms. The second-order valence-corrected chi connectivity index (χ2v) is 9.57. The van der Waals surface area contributed by atoms with E-state index in [0.717, 1.165) is 21.7 Å². The lowest BCUT2D eigenvalue weighted by atomic mass is 10.1. The smallest absolute Gasteiger partial charge is 0.282 e. The summed E-state index contributed by atoms with van der Waals surface area (Å²) in [6.45, 7) is 0.428. The number of aromatic nitrogens is 4. The normalized spacial score (nSPS) is 11.0. The molecule has 0 spiro atoms. The van der Waals surface area contributed by atoms with Gasteiger partial charge in [-0.1, -0.05) is 72.4 Å². The lowest BCUT2D eigenvalue weighted by Crippen LogP contribution is -2.26. The van der Waals surface area contributed by atoms with Crippen LogP contribution in [0.25, 0.3) is 22.3 Å². The predicted molar refractivity (Wildman–Crippen MR) is 141 cm³/mol. The summed E-state index contributed by atoms with van der Waals surface area (Å²) >= 11 is 2.70. The standard InChI is InChI=1S/C26H21N5O2S2/c32-21(29-22-15-20(16-34-22)19-9-5-2-6-10-19)17-35-26-30-24-23(27-12-13-28-24)25(33)31(26)14-11-18-7-3-1-4-8-18/h1-10,12-13,15-16H,11,14,17H2,(H,29,32). The van der Waals surface area contributed by atoms with E-state index in [9.17, 15) is 9.59 Å². The Kier molecular flexibility index (Phi) is 6.97. The first kappa shape index (κ1) is 22.9. The first-order chi connectivity index (χ1) is 17.2. The van der Waals surface area contributed by atoms with Crippen molar-refractivity contribution in [1.82, 2.24) is 19.5 Å². The van der Waals surface area contributed by atoms with Crippen LogP contribution in [0.4, 0.5) is 5.00 Å². The highest BCUT2D eigenvalue weighted by Gasteiger charge is 2.15. The lowest BCUT2D eigenvalue weighted by Gasteiger charge is -2.12. The number of nitrogens with zero attached hydrogens (tertiary/aromatic N) is 4. The number of thiophene rings is 1. The van der Waals surface area contributed by atoms with Gasteiger partial charge in [-0.15, -0.1) is 11.3 Å². The Morgan fingerprint density at radius 2 is 1.71 bits per heavy atom. The average molecular weight is 500 g/mol. The molecule has 1 amide bonds. The zero-order valence-corrected chi connectivity index (χ0v) is 20.3. The van der Waals surface area contributed by atoms with Crippen molar-refractivity contribution in [3.63, 3.8) is 0 Å². The van der Waals surface area contributed by atoms with Crippen LogP contribution in [0.5, 0.6) is 0 Å². The molecule has 5 aromatic rings. The van der Waals surface area contributed by atoms with Gasteiger partial charge in [-0.2, -0.15) is 0 Å². The van der Waals surface area contributed by atoms with E-state index in [4.69, 9.17) is 0 Å². The summed E-state index contributed by atoms with van der Waals surface area (Å²) in [5.74, 6) is -0.0539. The molecule has 7 nitrogen and oxygen atoms in total. The molecule has 0 saturated heterocycles. The van der Waals surface area contributed by atoms with Gasteiger partial charge in [0.05, 0.1) is 10.8 Å². The number of hydrogen-bond acceptors (Lipinski definition) is 7. The van der Waals surface area contributed by atoms with Crippen LogP contribution < -0.4 is 10.9 Å². The van der Waals surface area contributed by atoms with Gasteiger partial charge in [-0.05, 0) is 29.2 Å². The van der Waals surface area contributed by atoms with E-state index in [1.807, 2.05) is 72.1 Å². The van der Waals surface area contributed by atoms with Crippen molar-refractivity contribution < 1.29 is 4.79 Å². The van der Waals surface area contributed by atoms with Crippen LogP contribution in [0.1, 0.15) is 5.56 Å². The maximum absolute atomic E-state index is 13.2. The average Bonchev–Trinajstić information content (AvgIpc) is 3.36. The molecule has 0 fully saturated rings. The molecule has 5 rings (SSSR count). The number of rotatable bonds is 8. The molecule has 3 aromatic heterocycles. The minimum atomic E-state index is -0.257. The Morgan fingerprint density at radius 1 is 0.971 bits per heavy atom. The molecular formula is C26H21N5O2S2. The van der Waals surface area contributed by atoms with Gasteiger partial charge in [-0.25, -0.2) is 15.0 Å². The van der Waals surface area contributed by atoms with Gasteiger partial charge in [0.2, 0.25) is 5.91 Å². The van der Waals surface area contributed by atoms with E-state index in [0.29, 0.717) is 18.1 Å². The molecule has 0 radical (unpaired) electrons. The number of hydrogen-bond donors (Lipinski definition) is 1. The first-order valence-electron chi connectivity index (χ1n) is 11.0. The second kappa shape index (κ2) is 10.6. The zero-order valence-electron chi connectivity index (χ0n) is 18.6. The molecule has 0 atom stereocenters. The van der Waals surface area contributed by atoms with Crippen molar-refractivity contribution in [2.24, 2.45) is 0 Å². The largest absolute Gasteiger partial charge is 0.317 e. The van der Waals surface area contributed by atoms with Crippen LogP contribution in [0.3, 0.4) is 0 Å². The number of benzene rings is 2. The summed E-state index contributed by atoms with van der Waals surface area (Å²) in [5, 5.41) is 6.18. The number of carbonyl (C=O) groups is 1. The summed E-state index contributed by atoms with van der Waals surface area (Å²) in [7, 11) is 0. The van der Waals surface area contributed by atoms with Crippen molar-refractivity contribution in [2.75, 3.05) is 11.1 Å². The number of thioether (sulfide) groups is 1. The topological polar surface area (TPSA) is 89.8 Å². The van der Waals surface area contributed by atoms with E-state index < -0.39 is 0 Å². The Morgan fingerprint density at radius 3 is 2.51 bits per heavy atom. The SMILES string of the molecule is O=C(CSc1nc2nccnc2c(=O)n1CCc1ccccc1)Nc1cc(-c2ccccc2)cs1. The van der Waals surface area contributed by atoms with Crippen molar-refractivity contribution >= 4 is 45.2 Å². The maximum Gasteiger partial charge on any atom is 0.282 e. The van der Waals surface area contributed by atoms with E-state index in [-0.39, 0.29) is 28.4 Å². The lowest BCUT2D eigenvalue weighted by molar-refractivity contribution is -0.113. The third-order valence-corrected chi connectivity index (χ3v) is 7.15. The highest BCUT2D eigenvalue weighted by Crippen LogP contribution is 2.29. The van der Waals surface area contributed by atoms with Gasteiger partial charge < -0.3 is 5.32 Å². The third kappa shape index (κ3) is 5.47. The number of aryl methyl sites for hydroxylation is 1. The number of fused-ring (bicyclic) bond motifs is 1. The molecule has 0 unspecified atom stereocenters. The fourth-order valence-corrected chi connectivity index (χ4v) is 5.25. The second-order valence-electron chi connectivity index (χ2n) is 7.72. The van der Waals surface area contributed by atoms with Gasteiger partial charge in [0.25, 0.3) is 5.56 Å². The highest BCUT2D eigenvalue weighted by molar-refractivity contribution is 7.99. The Hall–Kier alpha value is -3.82. The van der Waals surface area contributed by atoms with Crippen LogP contribution in [0, 0.1) is 0 Å². The molecule has 0 aliphatic rings. The van der Waals surface area contributed by atoms with E-state index >= 15 is 0 Å². The molecule has 35 heavy (non-hydrogen) atoms. The van der Waals surface area contributed by atoms with E-state index in [1.54, 1.807) is 4.57 Å². The summed E-state index contributed by atoms with van der Waals surface area (Å²) in [6.07, 6.45) is 3.65. The molecule has 0 aliphatic heterocycles. The summed E-state index contributed by atoms with van der Waals surface area (Å²) in [5.41, 5.74) is 3.51. The van der Waals surface area contributed by atoms with Crippen LogP contribution >= 0.6 is 23.1 Å². The highest BCUT2D eigenvalue weighted by atomic mass is 32.2. The summed E-state index contributed by atoms with van der Waals surface area (Å²) in [4.78, 5) is 38.8. The van der Waals surface area contributed by atoms with Crippen LogP contribution in [0.2, 0.25) is 0 Å². The molecule has 174 valence electrons. The fourth-order valence-electron chi connectivity index (χ4n) is 3.61. The molecule has 1 N–H and O–H groups in total. The van der Waals surface area contributed by atoms with Crippen LogP contribution in [-0.4, -0.2) is 31.2 Å². The van der Waals surface area contributed by atoms with Crippen LogP contribution in [0.15, 0.2) is 94.5 Å². The van der Waals surface area contributed by atoms with Crippen molar-refractivity contribution in [3.8, 4) is 11.1 Å². The van der Waals surface area contributed by atoms with E-state index in [1.165, 1.54) is 35.5 Å². The minimum absolute atomic E-state index is 0.113. The Labute approximate surface area is 209 Å². The molecule has 3 heterocycles. The van der Waals surface area contributed by atoms with Gasteiger partial charge in [0.1, 0.15) is 0 Å². The van der Waals surface area contributed by atoms with E-state index in [2.05, 4.69) is 20.3 Å². The number of anilines is 1. The zero-order chi connectivity index (χ0) is 24.0. The maximum atomic E-state index is 13.2. The first-order valence-corrected chi connectivity index (χ1v) is 12.9. The number of nitrogens with one attached hydrogen (secondary N) is 1. The van der Waals surface area contributed by atoms with Crippen molar-refractivity contribution in [3.05, 3.63) is 100 Å². The Balaban J connectivity index is 1.32. The molecule has 2 aromatic carbocycles. The van der Waals surface area contributed by atoms with Crippen molar-refractivity contribution in [2.45, 2.75) is 18.1 Å². The molecule has 0 saturated carbocycles. The van der Waals surface area contributed by atoms with Crippen LogP contribution in [-0.2, 0) is 17.8 Å².